The van der Waals surface area contributed by atoms with E-state index in [4.69, 9.17) is 19.2 Å². The van der Waals surface area contributed by atoms with Crippen LogP contribution in [-0.4, -0.2) is 35.2 Å². The van der Waals surface area contributed by atoms with Gasteiger partial charge >= 0.3 is 11.9 Å². The molecule has 2 spiro atoms. The van der Waals surface area contributed by atoms with E-state index in [-0.39, 0.29) is 17.8 Å². The van der Waals surface area contributed by atoms with Crippen LogP contribution in [0.15, 0.2) is 0 Å². The Morgan fingerprint density at radius 2 is 1.75 bits per heavy atom. The van der Waals surface area contributed by atoms with E-state index >= 15 is 0 Å². The van der Waals surface area contributed by atoms with E-state index in [1.54, 1.807) is 0 Å². The lowest BCUT2D eigenvalue weighted by atomic mass is 9.47. The van der Waals surface area contributed by atoms with Crippen molar-refractivity contribution in [3.63, 3.8) is 0 Å². The van der Waals surface area contributed by atoms with Crippen LogP contribution in [0.25, 0.3) is 0 Å². The molecule has 5 atom stereocenters. The third kappa shape index (κ3) is 2.73. The molecule has 0 aromatic heterocycles. The van der Waals surface area contributed by atoms with Crippen molar-refractivity contribution in [2.75, 3.05) is 6.61 Å². The van der Waals surface area contributed by atoms with Crippen molar-refractivity contribution in [2.24, 2.45) is 29.1 Å². The minimum Gasteiger partial charge on any atom is -0.481 e. The van der Waals surface area contributed by atoms with E-state index in [1.807, 2.05) is 6.92 Å². The van der Waals surface area contributed by atoms with Crippen molar-refractivity contribution >= 4 is 11.9 Å². The number of carbonyl (C=O) groups excluding carboxylic acids is 1. The fraction of sp³-hybridized carbons (Fsp3) is 0.905. The highest BCUT2D eigenvalue weighted by molar-refractivity contribution is 5.75. The summed E-state index contributed by atoms with van der Waals surface area (Å²) in [5.41, 5.74) is -0.596. The smallest absolute Gasteiger partial charge is 0.309 e. The first kappa shape index (κ1) is 18.8. The number of aliphatic carboxylic acids is 1. The Bertz CT molecular complexity index is 650. The lowest BCUT2D eigenvalue weighted by molar-refractivity contribution is -0.393. The van der Waals surface area contributed by atoms with Gasteiger partial charge in [-0.05, 0) is 63.7 Å². The van der Waals surface area contributed by atoms with E-state index in [1.165, 1.54) is 0 Å². The van der Waals surface area contributed by atoms with Crippen LogP contribution in [0.1, 0.15) is 71.1 Å². The first-order chi connectivity index (χ1) is 13.4. The largest absolute Gasteiger partial charge is 0.481 e. The highest BCUT2D eigenvalue weighted by Crippen LogP contribution is 2.67. The molecule has 1 N–H and O–H groups in total. The normalized spacial score (nSPS) is 49.0. The van der Waals surface area contributed by atoms with Gasteiger partial charge < -0.3 is 14.6 Å². The summed E-state index contributed by atoms with van der Waals surface area (Å²) in [6, 6.07) is 0. The summed E-state index contributed by atoms with van der Waals surface area (Å²) < 4.78 is 11.7. The molecular weight excluding hydrogens is 364 g/mol. The molecule has 5 aliphatic carbocycles. The Kier molecular flexibility index (Phi) is 4.31. The van der Waals surface area contributed by atoms with Crippen molar-refractivity contribution in [1.82, 2.24) is 0 Å². The number of hydrogen-bond acceptors (Lipinski definition) is 6. The molecule has 6 rings (SSSR count). The zero-order valence-corrected chi connectivity index (χ0v) is 16.5. The molecule has 0 aromatic rings. The van der Waals surface area contributed by atoms with Gasteiger partial charge in [0.05, 0.1) is 12.0 Å². The second-order valence-electron chi connectivity index (χ2n) is 9.78. The molecule has 5 saturated carbocycles. The third-order valence-electron chi connectivity index (χ3n) is 8.08. The standard InChI is InChI=1S/C21H30O7/c1-2-25-17(22)9-13-3-5-20(6-4-13)26-21(28-27-20)15-7-14-8-16(21)12-19(10-14,11-15)18(23)24/h13-16H,2-12H2,1H3,(H,23,24)/t13?,14-,15-,16?,19-,20?,21?/m0/s1. The Morgan fingerprint density at radius 1 is 1.07 bits per heavy atom. The first-order valence-electron chi connectivity index (χ1n) is 10.8. The third-order valence-corrected chi connectivity index (χ3v) is 8.08. The molecule has 1 saturated heterocycles. The van der Waals surface area contributed by atoms with Crippen LogP contribution < -0.4 is 0 Å². The van der Waals surface area contributed by atoms with Crippen LogP contribution in [0, 0.1) is 29.1 Å². The fourth-order valence-corrected chi connectivity index (χ4v) is 6.92. The van der Waals surface area contributed by atoms with E-state index in [9.17, 15) is 14.7 Å². The SMILES string of the molecule is CCOC(=O)CC1CCC2(CC1)OOC1(O2)C2C[C@@H]3C[C@H]1C[C@](C(=O)O)(C2)C3. The highest BCUT2D eigenvalue weighted by Gasteiger charge is 2.71. The van der Waals surface area contributed by atoms with Gasteiger partial charge in [-0.15, -0.1) is 0 Å². The molecule has 0 amide bonds. The summed E-state index contributed by atoms with van der Waals surface area (Å²) in [5.74, 6) is -1.37. The average Bonchev–Trinajstić information content (AvgIpc) is 3.02. The number of carbonyl (C=O) groups is 2. The summed E-state index contributed by atoms with van der Waals surface area (Å²) in [6.07, 6.45) is 7.52. The van der Waals surface area contributed by atoms with Crippen molar-refractivity contribution in [3.05, 3.63) is 0 Å². The van der Waals surface area contributed by atoms with Crippen molar-refractivity contribution < 1.29 is 33.9 Å². The van der Waals surface area contributed by atoms with Crippen molar-refractivity contribution in [3.8, 4) is 0 Å². The Hall–Kier alpha value is -1.18. The van der Waals surface area contributed by atoms with Crippen LogP contribution in [0.5, 0.6) is 0 Å². The van der Waals surface area contributed by atoms with Crippen LogP contribution in [0.3, 0.4) is 0 Å². The second-order valence-corrected chi connectivity index (χ2v) is 9.78. The minimum absolute atomic E-state index is 0.0893. The van der Waals surface area contributed by atoms with Gasteiger partial charge in [-0.2, -0.15) is 9.78 Å². The van der Waals surface area contributed by atoms with Gasteiger partial charge in [0.15, 0.2) is 0 Å². The molecule has 1 heterocycles. The molecule has 0 radical (unpaired) electrons. The molecule has 156 valence electrons. The van der Waals surface area contributed by atoms with Crippen molar-refractivity contribution in [1.29, 1.82) is 0 Å². The van der Waals surface area contributed by atoms with Gasteiger partial charge in [-0.3, -0.25) is 9.59 Å². The molecule has 4 bridgehead atoms. The Morgan fingerprint density at radius 3 is 2.36 bits per heavy atom. The summed E-state index contributed by atoms with van der Waals surface area (Å²) in [6.45, 7) is 2.24. The summed E-state index contributed by atoms with van der Waals surface area (Å²) in [7, 11) is 0. The zero-order chi connectivity index (χ0) is 19.6. The van der Waals surface area contributed by atoms with Gasteiger partial charge in [0.1, 0.15) is 0 Å². The topological polar surface area (TPSA) is 91.3 Å². The van der Waals surface area contributed by atoms with Crippen molar-refractivity contribution in [2.45, 2.75) is 82.7 Å². The summed E-state index contributed by atoms with van der Waals surface area (Å²) >= 11 is 0. The van der Waals surface area contributed by atoms with E-state index < -0.39 is 23.0 Å². The lowest BCUT2D eigenvalue weighted by Gasteiger charge is -2.60. The van der Waals surface area contributed by atoms with Gasteiger partial charge in [-0.1, -0.05) is 0 Å². The average molecular weight is 394 g/mol. The van der Waals surface area contributed by atoms with E-state index in [2.05, 4.69) is 0 Å². The van der Waals surface area contributed by atoms with Gasteiger partial charge in [-0.25, -0.2) is 0 Å². The number of esters is 1. The summed E-state index contributed by atoms with van der Waals surface area (Å²) in [5, 5.41) is 9.84. The molecule has 1 aliphatic heterocycles. The van der Waals surface area contributed by atoms with Gasteiger partial charge in [0, 0.05) is 31.1 Å². The van der Waals surface area contributed by atoms with Gasteiger partial charge in [0.2, 0.25) is 11.6 Å². The predicted molar refractivity (Wildman–Crippen MR) is 95.5 cm³/mol. The maximum atomic E-state index is 12.0. The second kappa shape index (κ2) is 6.41. The predicted octanol–water partition coefficient (Wildman–Crippen LogP) is 3.41. The van der Waals surface area contributed by atoms with E-state index in [0.29, 0.717) is 50.5 Å². The van der Waals surface area contributed by atoms with Crippen LogP contribution in [-0.2, 0) is 28.8 Å². The zero-order valence-electron chi connectivity index (χ0n) is 16.5. The highest BCUT2D eigenvalue weighted by atomic mass is 17.3. The maximum Gasteiger partial charge on any atom is 0.309 e. The lowest BCUT2D eigenvalue weighted by Crippen LogP contribution is -2.64. The monoisotopic (exact) mass is 394 g/mol. The number of hydrogen-bond donors (Lipinski definition) is 1. The number of carboxylic acid groups (broad SMARTS) is 1. The molecule has 6 fully saturated rings. The van der Waals surface area contributed by atoms with Gasteiger partial charge in [0.25, 0.3) is 0 Å². The molecule has 7 nitrogen and oxygen atoms in total. The molecular formula is C21H30O7. The van der Waals surface area contributed by atoms with Crippen LogP contribution in [0.4, 0.5) is 0 Å². The molecule has 0 aromatic carbocycles. The first-order valence-corrected chi connectivity index (χ1v) is 10.8. The fourth-order valence-electron chi connectivity index (χ4n) is 6.92. The van der Waals surface area contributed by atoms with Crippen LogP contribution in [0.2, 0.25) is 0 Å². The number of ether oxygens (including phenoxy) is 2. The molecule has 28 heavy (non-hydrogen) atoms. The Balaban J connectivity index is 1.27. The number of rotatable bonds is 4. The van der Waals surface area contributed by atoms with Crippen LogP contribution >= 0.6 is 0 Å². The molecule has 2 unspecified atom stereocenters. The Labute approximate surface area is 165 Å². The maximum absolute atomic E-state index is 12.0. The molecule has 6 aliphatic rings. The minimum atomic E-state index is -0.774. The molecule has 7 heteroatoms. The quantitative estimate of drug-likeness (QED) is 0.577. The van der Waals surface area contributed by atoms with E-state index in [0.717, 1.165) is 32.1 Å². The summed E-state index contributed by atoms with van der Waals surface area (Å²) in [4.78, 5) is 35.6. The number of carboxylic acids is 1.